The minimum absolute atomic E-state index is 0.143. The van der Waals surface area contributed by atoms with Crippen LogP contribution in [0.15, 0.2) is 47.5 Å². The molecule has 0 spiro atoms. The fourth-order valence-electron chi connectivity index (χ4n) is 4.58. The number of rotatable bonds is 9. The van der Waals surface area contributed by atoms with Crippen molar-refractivity contribution >= 4 is 61.4 Å². The van der Waals surface area contributed by atoms with Gasteiger partial charge in [-0.3, -0.25) is 9.36 Å². The molecule has 3 heterocycles. The summed E-state index contributed by atoms with van der Waals surface area (Å²) in [6.07, 6.45) is 6.86. The number of nitrogens with one attached hydrogen (secondary N) is 1. The Balaban J connectivity index is 1.35. The predicted molar refractivity (Wildman–Crippen MR) is 152 cm³/mol. The summed E-state index contributed by atoms with van der Waals surface area (Å²) in [5.74, 6) is 0.350. The molecule has 0 unspecified atom stereocenters. The summed E-state index contributed by atoms with van der Waals surface area (Å²) in [4.78, 5) is 27.0. The van der Waals surface area contributed by atoms with Crippen LogP contribution in [-0.2, 0) is 28.9 Å². The maximum Gasteiger partial charge on any atom is 0.341 e. The van der Waals surface area contributed by atoms with Crippen molar-refractivity contribution in [1.82, 2.24) is 14.8 Å². The minimum atomic E-state index is -0.358. The van der Waals surface area contributed by atoms with Crippen molar-refractivity contribution < 1.29 is 14.3 Å². The van der Waals surface area contributed by atoms with Crippen molar-refractivity contribution in [1.29, 1.82) is 0 Å². The van der Waals surface area contributed by atoms with Crippen LogP contribution in [0.25, 0.3) is 21.5 Å². The van der Waals surface area contributed by atoms with Gasteiger partial charge in [0.1, 0.15) is 5.00 Å². The van der Waals surface area contributed by atoms with Crippen LogP contribution < -0.4 is 5.32 Å². The van der Waals surface area contributed by atoms with Gasteiger partial charge in [0.05, 0.1) is 17.9 Å². The molecule has 1 aromatic carbocycles. The molecule has 0 saturated carbocycles. The summed E-state index contributed by atoms with van der Waals surface area (Å²) in [6, 6.07) is 8.21. The molecular weight excluding hydrogens is 525 g/mol. The van der Waals surface area contributed by atoms with Gasteiger partial charge in [-0.1, -0.05) is 42.5 Å². The second kappa shape index (κ2) is 11.6. The van der Waals surface area contributed by atoms with E-state index in [-0.39, 0.29) is 17.6 Å². The Morgan fingerprint density at radius 3 is 2.89 bits per heavy atom. The van der Waals surface area contributed by atoms with Gasteiger partial charge in [-0.2, -0.15) is 0 Å². The van der Waals surface area contributed by atoms with E-state index in [0.29, 0.717) is 28.9 Å². The Kier molecular flexibility index (Phi) is 8.07. The van der Waals surface area contributed by atoms with E-state index < -0.39 is 0 Å². The van der Waals surface area contributed by atoms with E-state index in [0.717, 1.165) is 54.4 Å². The summed E-state index contributed by atoms with van der Waals surface area (Å²) >= 11 is 4.50. The highest BCUT2D eigenvalue weighted by Gasteiger charge is 2.27. The third-order valence-corrected chi connectivity index (χ3v) is 9.37. The van der Waals surface area contributed by atoms with Crippen LogP contribution in [0.5, 0.6) is 0 Å². The third kappa shape index (κ3) is 5.37. The molecule has 0 radical (unpaired) electrons. The van der Waals surface area contributed by atoms with E-state index in [4.69, 9.17) is 4.74 Å². The van der Waals surface area contributed by atoms with E-state index >= 15 is 0 Å². The Labute approximate surface area is 227 Å². The lowest BCUT2D eigenvalue weighted by molar-refractivity contribution is -0.113. The Hall–Kier alpha value is -2.95. The zero-order valence-electron chi connectivity index (χ0n) is 20.6. The van der Waals surface area contributed by atoms with Gasteiger partial charge in [0.25, 0.3) is 0 Å². The van der Waals surface area contributed by atoms with Gasteiger partial charge in [-0.05, 0) is 44.2 Å². The average Bonchev–Trinajstić information content (AvgIpc) is 3.54. The molecule has 0 fully saturated rings. The fourth-order valence-corrected chi connectivity index (χ4v) is 7.56. The lowest BCUT2D eigenvalue weighted by Gasteiger charge is -2.09. The number of nitrogens with zero attached hydrogens (tertiary/aromatic N) is 3. The number of thioether (sulfide) groups is 1. The Bertz CT molecular complexity index is 1450. The molecule has 0 atom stereocenters. The fraction of sp³-hybridized carbons (Fsp3) is 0.333. The van der Waals surface area contributed by atoms with Crippen LogP contribution in [0.2, 0.25) is 0 Å². The van der Waals surface area contributed by atoms with Gasteiger partial charge in [-0.15, -0.1) is 39.4 Å². The predicted octanol–water partition coefficient (Wildman–Crippen LogP) is 6.58. The number of allylic oxidation sites excluding steroid dienone is 1. The van der Waals surface area contributed by atoms with Crippen molar-refractivity contribution in [3.05, 3.63) is 58.3 Å². The molecule has 0 saturated heterocycles. The number of carbonyl (C=O) groups excluding carboxylic acids is 2. The molecule has 1 amide bonds. The maximum atomic E-state index is 13.0. The zero-order valence-corrected chi connectivity index (χ0v) is 23.1. The second-order valence-corrected chi connectivity index (χ2v) is 11.6. The molecular formula is C27H28N4O3S3. The number of anilines is 1. The van der Waals surface area contributed by atoms with E-state index in [2.05, 4.69) is 39.6 Å². The normalized spacial score (nSPS) is 13.2. The molecule has 5 rings (SSSR count). The molecule has 0 bridgehead atoms. The highest BCUT2D eigenvalue weighted by molar-refractivity contribution is 7.99. The van der Waals surface area contributed by atoms with E-state index in [1.807, 2.05) is 16.7 Å². The van der Waals surface area contributed by atoms with Crippen molar-refractivity contribution in [2.24, 2.45) is 0 Å². The highest BCUT2D eigenvalue weighted by atomic mass is 32.2. The number of esters is 1. The number of hydrogen-bond donors (Lipinski definition) is 1. The minimum Gasteiger partial charge on any atom is -0.462 e. The van der Waals surface area contributed by atoms with Crippen molar-refractivity contribution in [3.63, 3.8) is 0 Å². The molecule has 10 heteroatoms. The van der Waals surface area contributed by atoms with Gasteiger partial charge in [-0.25, -0.2) is 4.79 Å². The van der Waals surface area contributed by atoms with Crippen LogP contribution in [-0.4, -0.2) is 39.0 Å². The largest absolute Gasteiger partial charge is 0.462 e. The van der Waals surface area contributed by atoms with Gasteiger partial charge in [0, 0.05) is 32.5 Å². The van der Waals surface area contributed by atoms with Crippen LogP contribution in [0, 0.1) is 0 Å². The summed E-state index contributed by atoms with van der Waals surface area (Å²) in [6.45, 7) is 6.51. The first-order valence-electron chi connectivity index (χ1n) is 12.4. The summed E-state index contributed by atoms with van der Waals surface area (Å²) in [5, 5.41) is 16.3. The first-order chi connectivity index (χ1) is 18.1. The summed E-state index contributed by atoms with van der Waals surface area (Å²) < 4.78 is 8.51. The van der Waals surface area contributed by atoms with Crippen LogP contribution >= 0.6 is 34.4 Å². The van der Waals surface area contributed by atoms with Crippen molar-refractivity contribution in [3.8, 4) is 11.4 Å². The van der Waals surface area contributed by atoms with Crippen molar-refractivity contribution in [2.75, 3.05) is 17.7 Å². The SMILES string of the molecule is C=CCn1c(SCC(=O)Nc2sc3c(c2C(=O)OCC)CCCCC3)nnc1-c1csc2ccccc12. The monoisotopic (exact) mass is 552 g/mol. The molecule has 4 aromatic rings. The van der Waals surface area contributed by atoms with Crippen LogP contribution in [0.3, 0.4) is 0 Å². The summed E-state index contributed by atoms with van der Waals surface area (Å²) in [5.41, 5.74) is 2.59. The smallest absolute Gasteiger partial charge is 0.341 e. The van der Waals surface area contributed by atoms with Gasteiger partial charge in [0.2, 0.25) is 5.91 Å². The van der Waals surface area contributed by atoms with E-state index in [9.17, 15) is 9.59 Å². The molecule has 7 nitrogen and oxygen atoms in total. The lowest BCUT2D eigenvalue weighted by Crippen LogP contribution is -2.17. The third-order valence-electron chi connectivity index (χ3n) is 6.24. The molecule has 0 aliphatic heterocycles. The number of fused-ring (bicyclic) bond motifs is 2. The number of aromatic nitrogens is 3. The lowest BCUT2D eigenvalue weighted by atomic mass is 10.1. The Morgan fingerprint density at radius 2 is 2.05 bits per heavy atom. The number of thiophene rings is 2. The van der Waals surface area contributed by atoms with Gasteiger partial charge in [0.15, 0.2) is 11.0 Å². The van der Waals surface area contributed by atoms with Gasteiger partial charge < -0.3 is 10.1 Å². The Morgan fingerprint density at radius 1 is 1.22 bits per heavy atom. The molecule has 37 heavy (non-hydrogen) atoms. The van der Waals surface area contributed by atoms with Crippen LogP contribution in [0.1, 0.15) is 47.0 Å². The quantitative estimate of drug-likeness (QED) is 0.109. The number of amides is 1. The topological polar surface area (TPSA) is 86.1 Å². The maximum absolute atomic E-state index is 13.0. The second-order valence-electron chi connectivity index (χ2n) is 8.68. The van der Waals surface area contributed by atoms with Gasteiger partial charge >= 0.3 is 5.97 Å². The molecule has 192 valence electrons. The van der Waals surface area contributed by atoms with Crippen molar-refractivity contribution in [2.45, 2.75) is 50.7 Å². The molecule has 3 aromatic heterocycles. The average molecular weight is 553 g/mol. The highest BCUT2D eigenvalue weighted by Crippen LogP contribution is 2.38. The number of carbonyl (C=O) groups is 2. The number of hydrogen-bond acceptors (Lipinski definition) is 8. The van der Waals surface area contributed by atoms with Crippen LogP contribution in [0.4, 0.5) is 5.00 Å². The van der Waals surface area contributed by atoms with E-state index in [1.165, 1.54) is 32.7 Å². The molecule has 1 aliphatic carbocycles. The zero-order chi connectivity index (χ0) is 25.8. The van der Waals surface area contributed by atoms with E-state index in [1.54, 1.807) is 24.3 Å². The summed E-state index contributed by atoms with van der Waals surface area (Å²) in [7, 11) is 0. The first kappa shape index (κ1) is 25.7. The number of ether oxygens (including phenoxy) is 1. The molecule has 1 aliphatic rings. The molecule has 1 N–H and O–H groups in total. The number of benzene rings is 1. The standard InChI is InChI=1S/C27H28N4O3S3/c1-3-14-31-24(19-15-35-20-12-9-8-10-17(19)20)29-30-27(31)36-16-22(32)28-25-23(26(33)34-4-2)18-11-6-5-7-13-21(18)37-25/h3,8-10,12,15H,1,4-7,11,13-14,16H2,2H3,(H,28,32). The first-order valence-corrected chi connectivity index (χ1v) is 15.0. The number of aryl methyl sites for hydroxylation is 1.